The highest BCUT2D eigenvalue weighted by molar-refractivity contribution is 7.91. The Labute approximate surface area is 124 Å². The molecule has 5 nitrogen and oxygen atoms in total. The zero-order chi connectivity index (χ0) is 15.5. The lowest BCUT2D eigenvalue weighted by molar-refractivity contribution is 0.597. The van der Waals surface area contributed by atoms with Crippen molar-refractivity contribution < 1.29 is 8.42 Å². The van der Waals surface area contributed by atoms with Gasteiger partial charge in [0.1, 0.15) is 11.8 Å². The maximum atomic E-state index is 11.7. The molecule has 0 radical (unpaired) electrons. The summed E-state index contributed by atoms with van der Waals surface area (Å²) in [6.45, 7) is 2.21. The van der Waals surface area contributed by atoms with Gasteiger partial charge in [-0.2, -0.15) is 5.26 Å². The largest absolute Gasteiger partial charge is 0.381 e. The molecular formula is C15H17N3O2S. The van der Waals surface area contributed by atoms with E-state index in [9.17, 15) is 8.42 Å². The van der Waals surface area contributed by atoms with E-state index in [1.807, 2.05) is 19.3 Å². The minimum absolute atomic E-state index is 0.0979. The molecule has 0 atom stereocenters. The molecule has 0 fully saturated rings. The molecule has 0 unspecified atom stereocenters. The zero-order valence-electron chi connectivity index (χ0n) is 12.0. The second kappa shape index (κ2) is 6.02. The highest BCUT2D eigenvalue weighted by Gasteiger charge is 2.10. The van der Waals surface area contributed by atoms with E-state index >= 15 is 0 Å². The van der Waals surface area contributed by atoms with Crippen LogP contribution in [0.2, 0.25) is 0 Å². The molecule has 1 aromatic heterocycles. The maximum Gasteiger partial charge on any atom is 0.178 e. The Bertz CT molecular complexity index is 768. The quantitative estimate of drug-likeness (QED) is 0.919. The summed E-state index contributed by atoms with van der Waals surface area (Å²) < 4.78 is 25.2. The third kappa shape index (κ3) is 3.44. The van der Waals surface area contributed by atoms with Gasteiger partial charge in [-0.15, -0.1) is 0 Å². The molecule has 1 N–H and O–H groups in total. The molecule has 0 bridgehead atoms. The van der Waals surface area contributed by atoms with Gasteiger partial charge in [-0.05, 0) is 35.9 Å². The normalized spacial score (nSPS) is 11.1. The monoisotopic (exact) mass is 303 g/mol. The van der Waals surface area contributed by atoms with E-state index < -0.39 is 9.84 Å². The summed E-state index contributed by atoms with van der Waals surface area (Å²) in [7, 11) is -1.33. The number of nitrogens with zero attached hydrogens (tertiary/aromatic N) is 2. The van der Waals surface area contributed by atoms with Gasteiger partial charge in [0.2, 0.25) is 0 Å². The van der Waals surface area contributed by atoms with Crippen LogP contribution in [-0.4, -0.2) is 18.7 Å². The molecule has 0 saturated heterocycles. The number of rotatable bonds is 5. The van der Waals surface area contributed by atoms with Crippen LogP contribution in [-0.2, 0) is 23.4 Å². The van der Waals surface area contributed by atoms with Crippen molar-refractivity contribution in [3.8, 4) is 6.07 Å². The average molecular weight is 303 g/mol. The molecule has 0 saturated carbocycles. The van der Waals surface area contributed by atoms with Gasteiger partial charge < -0.3 is 9.88 Å². The minimum atomic E-state index is -3.15. The number of benzene rings is 1. The van der Waals surface area contributed by atoms with Crippen LogP contribution < -0.4 is 5.32 Å². The van der Waals surface area contributed by atoms with E-state index in [-0.39, 0.29) is 5.75 Å². The Morgan fingerprint density at radius 2 is 1.95 bits per heavy atom. The molecule has 1 aromatic carbocycles. The van der Waals surface area contributed by atoms with Crippen LogP contribution in [0.4, 0.5) is 5.69 Å². The number of anilines is 1. The molecule has 2 rings (SSSR count). The molecular weight excluding hydrogens is 286 g/mol. The first-order valence-corrected chi connectivity index (χ1v) is 8.23. The van der Waals surface area contributed by atoms with Crippen LogP contribution in [0.25, 0.3) is 0 Å². The number of hydrogen-bond donors (Lipinski definition) is 1. The van der Waals surface area contributed by atoms with Crippen LogP contribution in [0.5, 0.6) is 0 Å². The molecule has 21 heavy (non-hydrogen) atoms. The first-order chi connectivity index (χ1) is 9.96. The van der Waals surface area contributed by atoms with E-state index in [0.29, 0.717) is 17.1 Å². The Balaban J connectivity index is 2.06. The molecule has 0 spiro atoms. The maximum absolute atomic E-state index is 11.7. The average Bonchev–Trinajstić information content (AvgIpc) is 2.86. The molecule has 2 aromatic rings. The van der Waals surface area contributed by atoms with E-state index in [1.54, 1.807) is 35.8 Å². The van der Waals surface area contributed by atoms with E-state index in [2.05, 4.69) is 11.4 Å². The summed E-state index contributed by atoms with van der Waals surface area (Å²) in [6, 6.07) is 10.6. The van der Waals surface area contributed by atoms with Gasteiger partial charge in [0, 0.05) is 25.5 Å². The van der Waals surface area contributed by atoms with Gasteiger partial charge in [0.05, 0.1) is 10.6 Å². The van der Waals surface area contributed by atoms with Crippen LogP contribution in [0.3, 0.4) is 0 Å². The summed E-state index contributed by atoms with van der Waals surface area (Å²) in [5.41, 5.74) is 2.45. The summed E-state index contributed by atoms with van der Waals surface area (Å²) >= 11 is 0. The number of hydrogen-bond acceptors (Lipinski definition) is 4. The third-order valence-electron chi connectivity index (χ3n) is 3.27. The minimum Gasteiger partial charge on any atom is -0.381 e. The number of aryl methyl sites for hydroxylation is 1. The molecule has 6 heteroatoms. The van der Waals surface area contributed by atoms with Crippen LogP contribution >= 0.6 is 0 Å². The van der Waals surface area contributed by atoms with Gasteiger partial charge in [0.25, 0.3) is 0 Å². The number of sulfone groups is 1. The third-order valence-corrected chi connectivity index (χ3v) is 5.02. The van der Waals surface area contributed by atoms with Crippen molar-refractivity contribution in [3.63, 3.8) is 0 Å². The first kappa shape index (κ1) is 15.1. The van der Waals surface area contributed by atoms with Crippen LogP contribution in [0, 0.1) is 11.3 Å². The fraction of sp³-hybridized carbons (Fsp3) is 0.267. The summed E-state index contributed by atoms with van der Waals surface area (Å²) in [6.07, 6.45) is 1.89. The van der Waals surface area contributed by atoms with Gasteiger partial charge in [-0.3, -0.25) is 0 Å². The predicted octanol–water partition coefficient (Wildman–Crippen LogP) is 2.30. The van der Waals surface area contributed by atoms with Gasteiger partial charge in [0.15, 0.2) is 9.84 Å². The SMILES string of the molecule is CCS(=O)(=O)c1ccc(NCc2cc(C#N)n(C)c2)cc1. The molecule has 0 aliphatic rings. The lowest BCUT2D eigenvalue weighted by Crippen LogP contribution is -2.04. The summed E-state index contributed by atoms with van der Waals surface area (Å²) in [4.78, 5) is 0.335. The van der Waals surface area contributed by atoms with Crippen molar-refractivity contribution in [3.05, 3.63) is 47.8 Å². The number of nitrogens with one attached hydrogen (secondary N) is 1. The van der Waals surface area contributed by atoms with Crippen molar-refractivity contribution in [1.82, 2.24) is 4.57 Å². The van der Waals surface area contributed by atoms with E-state index in [1.165, 1.54) is 0 Å². The predicted molar refractivity (Wildman–Crippen MR) is 81.6 cm³/mol. The van der Waals surface area contributed by atoms with Gasteiger partial charge in [-0.25, -0.2) is 8.42 Å². The van der Waals surface area contributed by atoms with Crippen molar-refractivity contribution in [2.24, 2.45) is 7.05 Å². The Morgan fingerprint density at radius 3 is 2.48 bits per heavy atom. The highest BCUT2D eigenvalue weighted by Crippen LogP contribution is 2.16. The number of nitriles is 1. The van der Waals surface area contributed by atoms with Crippen molar-refractivity contribution >= 4 is 15.5 Å². The second-order valence-corrected chi connectivity index (χ2v) is 7.02. The first-order valence-electron chi connectivity index (χ1n) is 6.58. The molecule has 110 valence electrons. The Morgan fingerprint density at radius 1 is 1.29 bits per heavy atom. The lowest BCUT2D eigenvalue weighted by atomic mass is 10.3. The van der Waals surface area contributed by atoms with Crippen molar-refractivity contribution in [2.75, 3.05) is 11.1 Å². The van der Waals surface area contributed by atoms with Crippen molar-refractivity contribution in [2.45, 2.75) is 18.4 Å². The Hall–Kier alpha value is -2.26. The molecule has 0 aliphatic heterocycles. The summed E-state index contributed by atoms with van der Waals surface area (Å²) in [5, 5.41) is 12.1. The standard InChI is InChI=1S/C15H17N3O2S/c1-3-21(19,20)15-6-4-13(5-7-15)17-10-12-8-14(9-16)18(2)11-12/h4-8,11,17H,3,10H2,1-2H3. The van der Waals surface area contributed by atoms with Crippen molar-refractivity contribution in [1.29, 1.82) is 5.26 Å². The smallest absolute Gasteiger partial charge is 0.178 e. The van der Waals surface area contributed by atoms with Crippen LogP contribution in [0.15, 0.2) is 41.4 Å². The van der Waals surface area contributed by atoms with Crippen LogP contribution in [0.1, 0.15) is 18.2 Å². The second-order valence-electron chi connectivity index (χ2n) is 4.74. The van der Waals surface area contributed by atoms with Gasteiger partial charge >= 0.3 is 0 Å². The lowest BCUT2D eigenvalue weighted by Gasteiger charge is -2.06. The number of aromatic nitrogens is 1. The fourth-order valence-corrected chi connectivity index (χ4v) is 2.88. The fourth-order valence-electron chi connectivity index (χ4n) is 1.99. The molecule has 0 amide bonds. The molecule has 0 aliphatic carbocycles. The van der Waals surface area contributed by atoms with E-state index in [4.69, 9.17) is 5.26 Å². The zero-order valence-corrected chi connectivity index (χ0v) is 12.8. The summed E-state index contributed by atoms with van der Waals surface area (Å²) in [5.74, 6) is 0.0979. The Kier molecular flexibility index (Phi) is 4.34. The topological polar surface area (TPSA) is 74.9 Å². The van der Waals surface area contributed by atoms with Gasteiger partial charge in [-0.1, -0.05) is 6.92 Å². The van der Waals surface area contributed by atoms with E-state index in [0.717, 1.165) is 11.3 Å². The molecule has 1 heterocycles. The highest BCUT2D eigenvalue weighted by atomic mass is 32.2.